The summed E-state index contributed by atoms with van der Waals surface area (Å²) in [6.45, 7) is 7.09. The number of aryl methyl sites for hydroxylation is 2. The molecule has 2 aromatic rings. The van der Waals surface area contributed by atoms with Crippen LogP contribution in [0.25, 0.3) is 0 Å². The second-order valence-electron chi connectivity index (χ2n) is 7.74. The van der Waals surface area contributed by atoms with E-state index in [1.165, 1.54) is 4.90 Å². The molecule has 0 aliphatic carbocycles. The van der Waals surface area contributed by atoms with Gasteiger partial charge in [-0.25, -0.2) is 8.42 Å². The molecule has 0 fully saturated rings. The summed E-state index contributed by atoms with van der Waals surface area (Å²) >= 11 is 6.29. The molecule has 0 spiro atoms. The summed E-state index contributed by atoms with van der Waals surface area (Å²) in [6, 6.07) is 11.6. The molecule has 1 unspecified atom stereocenters. The molecule has 0 aromatic heterocycles. The molecule has 0 saturated heterocycles. The molecule has 7 nitrogen and oxygen atoms in total. The van der Waals surface area contributed by atoms with Gasteiger partial charge >= 0.3 is 0 Å². The second kappa shape index (κ2) is 10.8. The maximum atomic E-state index is 13.4. The van der Waals surface area contributed by atoms with Crippen LogP contribution in [0.2, 0.25) is 5.02 Å². The highest BCUT2D eigenvalue weighted by Gasteiger charge is 2.30. The van der Waals surface area contributed by atoms with E-state index in [2.05, 4.69) is 5.32 Å². The molecule has 2 rings (SSSR count). The fourth-order valence-electron chi connectivity index (χ4n) is 3.30. The average Bonchev–Trinajstić information content (AvgIpc) is 2.72. The molecule has 32 heavy (non-hydrogen) atoms. The van der Waals surface area contributed by atoms with Crippen LogP contribution < -0.4 is 9.62 Å². The van der Waals surface area contributed by atoms with Gasteiger partial charge in [-0.1, -0.05) is 41.9 Å². The minimum atomic E-state index is -3.76. The fraction of sp³-hybridized carbons (Fsp3) is 0.391. The van der Waals surface area contributed by atoms with Crippen molar-refractivity contribution < 1.29 is 18.0 Å². The molecule has 9 heteroatoms. The Labute approximate surface area is 195 Å². The third-order valence-corrected chi connectivity index (χ3v) is 6.62. The predicted molar refractivity (Wildman–Crippen MR) is 128 cm³/mol. The first-order chi connectivity index (χ1) is 15.0. The number of nitrogens with zero attached hydrogens (tertiary/aromatic N) is 2. The van der Waals surface area contributed by atoms with Gasteiger partial charge in [0, 0.05) is 18.1 Å². The van der Waals surface area contributed by atoms with E-state index in [4.69, 9.17) is 11.6 Å². The van der Waals surface area contributed by atoms with Crippen LogP contribution in [-0.2, 0) is 26.2 Å². The molecule has 0 saturated carbocycles. The Bertz CT molecular complexity index is 1090. The lowest BCUT2D eigenvalue weighted by atomic mass is 10.1. The van der Waals surface area contributed by atoms with Crippen molar-refractivity contribution >= 4 is 39.1 Å². The summed E-state index contributed by atoms with van der Waals surface area (Å²) in [4.78, 5) is 27.3. The summed E-state index contributed by atoms with van der Waals surface area (Å²) < 4.78 is 26.3. The van der Waals surface area contributed by atoms with E-state index in [9.17, 15) is 18.0 Å². The largest absolute Gasteiger partial charge is 0.355 e. The van der Waals surface area contributed by atoms with Crippen LogP contribution in [0.4, 0.5) is 5.69 Å². The molecule has 174 valence electrons. The van der Waals surface area contributed by atoms with Crippen molar-refractivity contribution in [2.75, 3.05) is 23.7 Å². The van der Waals surface area contributed by atoms with Crippen molar-refractivity contribution in [1.82, 2.24) is 10.2 Å². The number of anilines is 1. The van der Waals surface area contributed by atoms with Crippen molar-refractivity contribution in [3.8, 4) is 0 Å². The zero-order valence-corrected chi connectivity index (χ0v) is 20.6. The minimum absolute atomic E-state index is 0.0706. The summed E-state index contributed by atoms with van der Waals surface area (Å²) in [7, 11) is -3.76. The molecule has 0 heterocycles. The van der Waals surface area contributed by atoms with E-state index in [1.807, 2.05) is 19.1 Å². The zero-order chi connectivity index (χ0) is 24.1. The Morgan fingerprint density at radius 2 is 1.78 bits per heavy atom. The molecule has 0 aliphatic heterocycles. The summed E-state index contributed by atoms with van der Waals surface area (Å²) in [5.41, 5.74) is 2.69. The van der Waals surface area contributed by atoms with Gasteiger partial charge < -0.3 is 10.2 Å². The number of likely N-dealkylation sites (N-methyl/N-ethyl adjacent to an activating group) is 1. The Kier molecular flexibility index (Phi) is 8.69. The highest BCUT2D eigenvalue weighted by atomic mass is 35.5. The van der Waals surface area contributed by atoms with Crippen LogP contribution in [0.3, 0.4) is 0 Å². The molecular weight excluding hydrogens is 450 g/mol. The van der Waals surface area contributed by atoms with E-state index >= 15 is 0 Å². The number of carbonyl (C=O) groups excluding carboxylic acids is 2. The third kappa shape index (κ3) is 6.46. The normalized spacial score (nSPS) is 12.2. The van der Waals surface area contributed by atoms with E-state index in [1.54, 1.807) is 51.1 Å². The number of rotatable bonds is 9. The van der Waals surface area contributed by atoms with Gasteiger partial charge in [-0.2, -0.15) is 0 Å². The third-order valence-electron chi connectivity index (χ3n) is 5.13. The van der Waals surface area contributed by atoms with E-state index in [-0.39, 0.29) is 12.5 Å². The monoisotopic (exact) mass is 479 g/mol. The zero-order valence-electron chi connectivity index (χ0n) is 19.1. The van der Waals surface area contributed by atoms with Crippen molar-refractivity contribution in [3.05, 3.63) is 64.2 Å². The van der Waals surface area contributed by atoms with Gasteiger partial charge in [0.05, 0.1) is 11.9 Å². The first-order valence-corrected chi connectivity index (χ1v) is 12.5. The summed E-state index contributed by atoms with van der Waals surface area (Å²) in [5, 5.41) is 3.18. The smallest absolute Gasteiger partial charge is 0.244 e. The van der Waals surface area contributed by atoms with E-state index in [0.29, 0.717) is 22.8 Å². The number of hydrogen-bond donors (Lipinski definition) is 1. The van der Waals surface area contributed by atoms with Crippen LogP contribution >= 0.6 is 11.6 Å². The molecule has 0 radical (unpaired) electrons. The first kappa shape index (κ1) is 25.7. The Balaban J connectivity index is 2.45. The molecule has 0 bridgehead atoms. The van der Waals surface area contributed by atoms with Gasteiger partial charge in [0.25, 0.3) is 0 Å². The van der Waals surface area contributed by atoms with Crippen LogP contribution in [0.5, 0.6) is 0 Å². The number of hydrogen-bond acceptors (Lipinski definition) is 4. The topological polar surface area (TPSA) is 86.8 Å². The highest BCUT2D eigenvalue weighted by Crippen LogP contribution is 2.25. The van der Waals surface area contributed by atoms with Gasteiger partial charge in [0.1, 0.15) is 12.6 Å². The lowest BCUT2D eigenvalue weighted by Gasteiger charge is -2.32. The quantitative estimate of drug-likeness (QED) is 0.598. The lowest BCUT2D eigenvalue weighted by molar-refractivity contribution is -0.139. The van der Waals surface area contributed by atoms with Crippen LogP contribution in [0.15, 0.2) is 42.5 Å². The number of carbonyl (C=O) groups is 2. The van der Waals surface area contributed by atoms with Gasteiger partial charge in [0.15, 0.2) is 0 Å². The molecule has 1 N–H and O–H groups in total. The van der Waals surface area contributed by atoms with Crippen molar-refractivity contribution in [1.29, 1.82) is 0 Å². The molecular formula is C23H30ClN3O4S. The second-order valence-corrected chi connectivity index (χ2v) is 10.1. The number of halogens is 1. The Hall–Kier alpha value is -2.58. The van der Waals surface area contributed by atoms with Gasteiger partial charge in [-0.15, -0.1) is 0 Å². The maximum absolute atomic E-state index is 13.4. The highest BCUT2D eigenvalue weighted by molar-refractivity contribution is 7.92. The van der Waals surface area contributed by atoms with E-state index < -0.39 is 28.5 Å². The van der Waals surface area contributed by atoms with E-state index in [0.717, 1.165) is 21.7 Å². The van der Waals surface area contributed by atoms with Gasteiger partial charge in [0.2, 0.25) is 21.8 Å². The average molecular weight is 480 g/mol. The summed E-state index contributed by atoms with van der Waals surface area (Å²) in [6.07, 6.45) is 1.06. The van der Waals surface area contributed by atoms with Crippen molar-refractivity contribution in [2.24, 2.45) is 0 Å². The SMILES string of the molecule is CCNC(=O)C(C)N(Cc1ccccc1Cl)C(=O)CN(c1cc(C)ccc1C)S(C)(=O)=O. The van der Waals surface area contributed by atoms with Crippen LogP contribution in [0.1, 0.15) is 30.5 Å². The molecule has 2 amide bonds. The number of amides is 2. The Morgan fingerprint density at radius 1 is 1.12 bits per heavy atom. The molecule has 1 atom stereocenters. The van der Waals surface area contributed by atoms with Gasteiger partial charge in [-0.05, 0) is 56.5 Å². The number of sulfonamides is 1. The van der Waals surface area contributed by atoms with Crippen LogP contribution in [-0.4, -0.2) is 50.5 Å². The maximum Gasteiger partial charge on any atom is 0.244 e. The first-order valence-electron chi connectivity index (χ1n) is 10.3. The van der Waals surface area contributed by atoms with Gasteiger partial charge in [-0.3, -0.25) is 13.9 Å². The minimum Gasteiger partial charge on any atom is -0.355 e. The van der Waals surface area contributed by atoms with Crippen molar-refractivity contribution in [3.63, 3.8) is 0 Å². The van der Waals surface area contributed by atoms with Crippen LogP contribution in [0, 0.1) is 13.8 Å². The summed E-state index contributed by atoms with van der Waals surface area (Å²) in [5.74, 6) is -0.833. The predicted octanol–water partition coefficient (Wildman–Crippen LogP) is 3.28. The molecule has 2 aromatic carbocycles. The Morgan fingerprint density at radius 3 is 2.38 bits per heavy atom. The standard InChI is InChI=1S/C23H30ClN3O4S/c1-6-25-23(29)18(4)26(14-19-9-7-8-10-20(19)24)22(28)15-27(32(5,30)31)21-13-16(2)11-12-17(21)3/h7-13,18H,6,14-15H2,1-5H3,(H,25,29). The fourth-order valence-corrected chi connectivity index (χ4v) is 4.39. The number of nitrogens with one attached hydrogen (secondary N) is 1. The van der Waals surface area contributed by atoms with Crippen molar-refractivity contribution in [2.45, 2.75) is 40.3 Å². The molecule has 0 aliphatic rings. The lowest BCUT2D eigenvalue weighted by Crippen LogP contribution is -2.51. The number of benzene rings is 2.